The number of rotatable bonds is 5. The largest absolute Gasteiger partial charge is 0.497 e. The van der Waals surface area contributed by atoms with Crippen LogP contribution in [0.4, 0.5) is 0 Å². The standard InChI is InChI=1S/C19H20ClNO4S/c1-25-18-7-5-14(6-8-18)12-21(17-9-10-26(23,24)13-17)19(22)15-3-2-4-16(20)11-15/h2-8,11,17H,9-10,12-13H2,1H3/t17-/m0/s1. The molecule has 2 aromatic rings. The number of carbonyl (C=O) groups is 1. The Hall–Kier alpha value is -2.05. The highest BCUT2D eigenvalue weighted by Gasteiger charge is 2.35. The van der Waals surface area contributed by atoms with Gasteiger partial charge in [0.1, 0.15) is 5.75 Å². The van der Waals surface area contributed by atoms with Crippen LogP contribution >= 0.6 is 11.6 Å². The topological polar surface area (TPSA) is 63.7 Å². The number of sulfone groups is 1. The molecule has 1 aliphatic heterocycles. The van der Waals surface area contributed by atoms with Crippen molar-refractivity contribution in [3.8, 4) is 5.75 Å². The van der Waals surface area contributed by atoms with Gasteiger partial charge in [0.15, 0.2) is 9.84 Å². The molecule has 0 N–H and O–H groups in total. The number of carbonyl (C=O) groups excluding carboxylic acids is 1. The smallest absolute Gasteiger partial charge is 0.254 e. The van der Waals surface area contributed by atoms with Crippen LogP contribution in [0, 0.1) is 0 Å². The Kier molecular flexibility index (Phi) is 5.53. The Bertz CT molecular complexity index is 896. The zero-order valence-corrected chi connectivity index (χ0v) is 16.0. The highest BCUT2D eigenvalue weighted by Crippen LogP contribution is 2.24. The van der Waals surface area contributed by atoms with Crippen LogP contribution < -0.4 is 4.74 Å². The Morgan fingerprint density at radius 2 is 1.96 bits per heavy atom. The minimum atomic E-state index is -3.11. The molecule has 5 nitrogen and oxygen atoms in total. The van der Waals surface area contributed by atoms with Gasteiger partial charge >= 0.3 is 0 Å². The molecule has 1 fully saturated rings. The van der Waals surface area contributed by atoms with Gasteiger partial charge < -0.3 is 9.64 Å². The molecule has 1 heterocycles. The molecule has 0 unspecified atom stereocenters. The molecule has 0 radical (unpaired) electrons. The molecular formula is C19H20ClNO4S. The predicted octanol–water partition coefficient (Wildman–Crippen LogP) is 3.18. The maximum absolute atomic E-state index is 13.1. The van der Waals surface area contributed by atoms with E-state index in [-0.39, 0.29) is 23.5 Å². The first-order chi connectivity index (χ1) is 12.4. The molecule has 0 aliphatic carbocycles. The van der Waals surface area contributed by atoms with Gasteiger partial charge in [-0.3, -0.25) is 4.79 Å². The van der Waals surface area contributed by atoms with Crippen molar-refractivity contribution in [3.63, 3.8) is 0 Å². The first-order valence-electron chi connectivity index (χ1n) is 8.28. The van der Waals surface area contributed by atoms with Crippen LogP contribution in [-0.4, -0.2) is 43.9 Å². The van der Waals surface area contributed by atoms with Crippen LogP contribution in [0.25, 0.3) is 0 Å². The van der Waals surface area contributed by atoms with Crippen molar-refractivity contribution in [3.05, 3.63) is 64.7 Å². The van der Waals surface area contributed by atoms with E-state index >= 15 is 0 Å². The van der Waals surface area contributed by atoms with Gasteiger partial charge in [0.05, 0.1) is 18.6 Å². The average molecular weight is 394 g/mol. The summed E-state index contributed by atoms with van der Waals surface area (Å²) in [6.45, 7) is 0.329. The summed E-state index contributed by atoms with van der Waals surface area (Å²) in [4.78, 5) is 14.7. The third-order valence-electron chi connectivity index (χ3n) is 4.49. The van der Waals surface area contributed by atoms with E-state index in [1.807, 2.05) is 24.3 Å². The lowest BCUT2D eigenvalue weighted by molar-refractivity contribution is 0.0681. The molecule has 138 valence electrons. The molecule has 0 bridgehead atoms. The molecule has 0 spiro atoms. The molecule has 0 saturated carbocycles. The average Bonchev–Trinajstić information content (AvgIpc) is 2.99. The normalized spacial score (nSPS) is 18.5. The number of halogens is 1. The third-order valence-corrected chi connectivity index (χ3v) is 6.48. The van der Waals surface area contributed by atoms with Gasteiger partial charge in [-0.1, -0.05) is 29.8 Å². The number of methoxy groups -OCH3 is 1. The first-order valence-corrected chi connectivity index (χ1v) is 10.5. The summed E-state index contributed by atoms with van der Waals surface area (Å²) in [5.41, 5.74) is 1.36. The van der Waals surface area contributed by atoms with E-state index in [4.69, 9.17) is 16.3 Å². The molecule has 2 aromatic carbocycles. The van der Waals surface area contributed by atoms with Gasteiger partial charge in [-0.05, 0) is 42.3 Å². The van der Waals surface area contributed by atoms with Gasteiger partial charge in [-0.25, -0.2) is 8.42 Å². The molecule has 7 heteroatoms. The summed E-state index contributed by atoms with van der Waals surface area (Å²) >= 11 is 6.01. The fraction of sp³-hybridized carbons (Fsp3) is 0.316. The lowest BCUT2D eigenvalue weighted by atomic mass is 10.1. The first kappa shape index (κ1) is 18.7. The molecule has 0 aromatic heterocycles. The number of hydrogen-bond acceptors (Lipinski definition) is 4. The Morgan fingerprint density at radius 1 is 1.23 bits per heavy atom. The maximum Gasteiger partial charge on any atom is 0.254 e. The highest BCUT2D eigenvalue weighted by atomic mass is 35.5. The molecule has 1 saturated heterocycles. The van der Waals surface area contributed by atoms with Crippen molar-refractivity contribution in [2.75, 3.05) is 18.6 Å². The van der Waals surface area contributed by atoms with E-state index in [1.54, 1.807) is 36.3 Å². The molecule has 1 amide bonds. The van der Waals surface area contributed by atoms with Crippen molar-refractivity contribution in [2.45, 2.75) is 19.0 Å². The summed E-state index contributed by atoms with van der Waals surface area (Å²) in [5.74, 6) is 0.616. The number of benzene rings is 2. The second-order valence-corrected chi connectivity index (χ2v) is 9.01. The van der Waals surface area contributed by atoms with E-state index in [2.05, 4.69) is 0 Å². The van der Waals surface area contributed by atoms with E-state index in [0.29, 0.717) is 23.6 Å². The highest BCUT2D eigenvalue weighted by molar-refractivity contribution is 7.91. The van der Waals surface area contributed by atoms with Crippen LogP contribution in [0.15, 0.2) is 48.5 Å². The minimum Gasteiger partial charge on any atom is -0.497 e. The van der Waals surface area contributed by atoms with Crippen LogP contribution in [0.1, 0.15) is 22.3 Å². The van der Waals surface area contributed by atoms with Crippen LogP contribution in [-0.2, 0) is 16.4 Å². The Labute approximate surface area is 158 Å². The van der Waals surface area contributed by atoms with Gasteiger partial charge in [0, 0.05) is 23.2 Å². The van der Waals surface area contributed by atoms with Crippen molar-refractivity contribution < 1.29 is 17.9 Å². The zero-order chi connectivity index (χ0) is 18.7. The minimum absolute atomic E-state index is 0.00450. The van der Waals surface area contributed by atoms with Crippen molar-refractivity contribution in [2.24, 2.45) is 0 Å². The van der Waals surface area contributed by atoms with Gasteiger partial charge in [-0.2, -0.15) is 0 Å². The van der Waals surface area contributed by atoms with Crippen LogP contribution in [0.3, 0.4) is 0 Å². The SMILES string of the molecule is COc1ccc(CN(C(=O)c2cccc(Cl)c2)[C@H]2CCS(=O)(=O)C2)cc1. The fourth-order valence-electron chi connectivity index (χ4n) is 3.10. The third kappa shape index (κ3) is 4.37. The molecule has 3 rings (SSSR count). The summed E-state index contributed by atoms with van der Waals surface area (Å²) < 4.78 is 29.0. The van der Waals surface area contributed by atoms with E-state index in [9.17, 15) is 13.2 Å². The number of hydrogen-bond donors (Lipinski definition) is 0. The van der Waals surface area contributed by atoms with Gasteiger partial charge in [0.25, 0.3) is 5.91 Å². The lowest BCUT2D eigenvalue weighted by Gasteiger charge is -2.28. The number of amides is 1. The summed E-state index contributed by atoms with van der Waals surface area (Å²) in [6, 6.07) is 13.8. The van der Waals surface area contributed by atoms with Crippen LogP contribution in [0.2, 0.25) is 5.02 Å². The molecule has 26 heavy (non-hydrogen) atoms. The summed E-state index contributed by atoms with van der Waals surface area (Å²) in [7, 11) is -1.52. The van der Waals surface area contributed by atoms with Crippen molar-refractivity contribution in [1.82, 2.24) is 4.90 Å². The Morgan fingerprint density at radius 3 is 2.54 bits per heavy atom. The summed E-state index contributed by atoms with van der Waals surface area (Å²) in [6.07, 6.45) is 0.449. The predicted molar refractivity (Wildman–Crippen MR) is 101 cm³/mol. The van der Waals surface area contributed by atoms with Gasteiger partial charge in [-0.15, -0.1) is 0 Å². The quantitative estimate of drug-likeness (QED) is 0.782. The zero-order valence-electron chi connectivity index (χ0n) is 14.4. The fourth-order valence-corrected chi connectivity index (χ4v) is 5.02. The molecule has 1 atom stereocenters. The van der Waals surface area contributed by atoms with E-state index < -0.39 is 9.84 Å². The molecular weight excluding hydrogens is 374 g/mol. The van der Waals surface area contributed by atoms with Gasteiger partial charge in [0.2, 0.25) is 0 Å². The number of ether oxygens (including phenoxy) is 1. The molecule has 1 aliphatic rings. The monoisotopic (exact) mass is 393 g/mol. The van der Waals surface area contributed by atoms with E-state index in [0.717, 1.165) is 11.3 Å². The Balaban J connectivity index is 1.89. The number of nitrogens with zero attached hydrogens (tertiary/aromatic N) is 1. The van der Waals surface area contributed by atoms with Crippen molar-refractivity contribution >= 4 is 27.3 Å². The lowest BCUT2D eigenvalue weighted by Crippen LogP contribution is -2.40. The maximum atomic E-state index is 13.1. The second kappa shape index (κ2) is 7.68. The summed E-state index contributed by atoms with van der Waals surface area (Å²) in [5, 5.41) is 0.472. The second-order valence-electron chi connectivity index (χ2n) is 6.35. The van der Waals surface area contributed by atoms with Crippen LogP contribution in [0.5, 0.6) is 5.75 Å². The van der Waals surface area contributed by atoms with Crippen molar-refractivity contribution in [1.29, 1.82) is 0 Å². The van der Waals surface area contributed by atoms with E-state index in [1.165, 1.54) is 0 Å².